The van der Waals surface area contributed by atoms with E-state index in [-0.39, 0.29) is 0 Å². The first kappa shape index (κ1) is 9.60. The molecule has 0 aromatic heterocycles. The molecule has 5 atom stereocenters. The maximum atomic E-state index is 10.3. The van der Waals surface area contributed by atoms with Gasteiger partial charge in [-0.25, -0.2) is 0 Å². The molecule has 0 saturated carbocycles. The number of rotatable bonds is 1. The molecule has 1 heterocycles. The minimum absolute atomic E-state index is 0.413. The van der Waals surface area contributed by atoms with Gasteiger partial charge in [0.15, 0.2) is 6.29 Å². The van der Waals surface area contributed by atoms with Crippen molar-refractivity contribution >= 4 is 6.29 Å². The molecule has 0 radical (unpaired) electrons. The summed E-state index contributed by atoms with van der Waals surface area (Å²) in [5.41, 5.74) is 0. The second-order valence-electron chi connectivity index (χ2n) is 2.91. The molecule has 5 nitrogen and oxygen atoms in total. The Balaban J connectivity index is 2.70. The molecule has 0 aromatic rings. The van der Waals surface area contributed by atoms with Gasteiger partial charge in [0.1, 0.15) is 24.4 Å². The van der Waals surface area contributed by atoms with Crippen LogP contribution in [0.4, 0.5) is 0 Å². The predicted molar refractivity (Wildman–Crippen MR) is 38.4 cm³/mol. The van der Waals surface area contributed by atoms with Crippen LogP contribution in [0.1, 0.15) is 6.92 Å². The van der Waals surface area contributed by atoms with Gasteiger partial charge in [0.05, 0.1) is 6.10 Å². The smallest absolute Gasteiger partial charge is 0.151 e. The highest BCUT2D eigenvalue weighted by Crippen LogP contribution is 2.19. The van der Waals surface area contributed by atoms with Crippen LogP contribution in [0.5, 0.6) is 0 Å². The number of carbonyl (C=O) groups is 1. The van der Waals surface area contributed by atoms with Crippen LogP contribution in [-0.4, -0.2) is 52.1 Å². The number of aliphatic hydroxyl groups is 3. The van der Waals surface area contributed by atoms with Crippen molar-refractivity contribution in [3.05, 3.63) is 0 Å². The third-order valence-corrected chi connectivity index (χ3v) is 2.02. The molecule has 12 heavy (non-hydrogen) atoms. The van der Waals surface area contributed by atoms with Crippen molar-refractivity contribution in [1.29, 1.82) is 0 Å². The van der Waals surface area contributed by atoms with E-state index in [0.717, 1.165) is 0 Å². The maximum absolute atomic E-state index is 10.3. The quantitative estimate of drug-likeness (QED) is 0.404. The molecule has 0 bridgehead atoms. The van der Waals surface area contributed by atoms with Gasteiger partial charge in [0.2, 0.25) is 0 Å². The van der Waals surface area contributed by atoms with E-state index in [0.29, 0.717) is 6.29 Å². The lowest BCUT2D eigenvalue weighted by Crippen LogP contribution is -2.57. The normalized spacial score (nSPS) is 48.8. The van der Waals surface area contributed by atoms with E-state index >= 15 is 0 Å². The maximum Gasteiger partial charge on any atom is 0.151 e. The number of hydrogen-bond acceptors (Lipinski definition) is 5. The van der Waals surface area contributed by atoms with Gasteiger partial charge in [-0.05, 0) is 6.92 Å². The molecule has 0 amide bonds. The van der Waals surface area contributed by atoms with Crippen LogP contribution < -0.4 is 0 Å². The van der Waals surface area contributed by atoms with E-state index in [9.17, 15) is 15.0 Å². The van der Waals surface area contributed by atoms with Crippen molar-refractivity contribution in [2.24, 2.45) is 0 Å². The van der Waals surface area contributed by atoms with E-state index in [4.69, 9.17) is 9.84 Å². The largest absolute Gasteiger partial charge is 0.388 e. The molecule has 3 N–H and O–H groups in total. The minimum Gasteiger partial charge on any atom is -0.388 e. The van der Waals surface area contributed by atoms with Crippen LogP contribution in [-0.2, 0) is 9.53 Å². The van der Waals surface area contributed by atoms with Crippen molar-refractivity contribution in [1.82, 2.24) is 0 Å². The fraction of sp³-hybridized carbons (Fsp3) is 0.857. The summed E-state index contributed by atoms with van der Waals surface area (Å²) in [7, 11) is 0. The van der Waals surface area contributed by atoms with Crippen LogP contribution >= 0.6 is 0 Å². The molecule has 2 unspecified atom stereocenters. The van der Waals surface area contributed by atoms with Gasteiger partial charge >= 0.3 is 0 Å². The molecule has 0 aromatic carbocycles. The Kier molecular flexibility index (Phi) is 2.79. The van der Waals surface area contributed by atoms with Crippen LogP contribution in [0.25, 0.3) is 0 Å². The number of aldehydes is 1. The molecule has 1 aliphatic rings. The van der Waals surface area contributed by atoms with Gasteiger partial charge in [-0.3, -0.25) is 0 Å². The number of aliphatic hydroxyl groups excluding tert-OH is 3. The van der Waals surface area contributed by atoms with Crippen molar-refractivity contribution in [2.45, 2.75) is 37.4 Å². The topological polar surface area (TPSA) is 87.0 Å². The Hall–Kier alpha value is -0.490. The van der Waals surface area contributed by atoms with Gasteiger partial charge in [0.25, 0.3) is 0 Å². The summed E-state index contributed by atoms with van der Waals surface area (Å²) >= 11 is 0. The number of ether oxygens (including phenoxy) is 1. The molecule has 1 saturated heterocycles. The molecule has 70 valence electrons. The van der Waals surface area contributed by atoms with E-state index in [1.54, 1.807) is 0 Å². The van der Waals surface area contributed by atoms with Gasteiger partial charge in [-0.15, -0.1) is 0 Å². The summed E-state index contributed by atoms with van der Waals surface area (Å²) in [6.07, 6.45) is -5.07. The van der Waals surface area contributed by atoms with Gasteiger partial charge in [-0.1, -0.05) is 0 Å². The number of hydrogen-bond donors (Lipinski definition) is 3. The summed E-state index contributed by atoms with van der Waals surface area (Å²) in [5, 5.41) is 27.5. The van der Waals surface area contributed by atoms with E-state index in [1.807, 2.05) is 0 Å². The molecule has 1 rings (SSSR count). The zero-order valence-electron chi connectivity index (χ0n) is 6.62. The fourth-order valence-electron chi connectivity index (χ4n) is 1.20. The molecular weight excluding hydrogens is 164 g/mol. The molecule has 1 aliphatic heterocycles. The van der Waals surface area contributed by atoms with E-state index in [2.05, 4.69) is 0 Å². The summed E-state index contributed by atoms with van der Waals surface area (Å²) in [6, 6.07) is 0. The Labute approximate surface area is 69.6 Å². The monoisotopic (exact) mass is 176 g/mol. The first-order valence-corrected chi connectivity index (χ1v) is 3.73. The molecule has 1 fully saturated rings. The lowest BCUT2D eigenvalue weighted by atomic mass is 9.96. The summed E-state index contributed by atoms with van der Waals surface area (Å²) in [4.78, 5) is 10.3. The summed E-state index contributed by atoms with van der Waals surface area (Å²) < 4.78 is 4.90. The molecular formula is C7H12O5. The van der Waals surface area contributed by atoms with E-state index < -0.39 is 30.5 Å². The lowest BCUT2D eigenvalue weighted by Gasteiger charge is -2.36. The Bertz CT molecular complexity index is 171. The zero-order chi connectivity index (χ0) is 9.30. The van der Waals surface area contributed by atoms with Crippen molar-refractivity contribution in [2.75, 3.05) is 0 Å². The Morgan fingerprint density at radius 3 is 2.25 bits per heavy atom. The van der Waals surface area contributed by atoms with E-state index in [1.165, 1.54) is 6.92 Å². The SMILES string of the molecule is CC1O[C@H](C=O)[C@H](O)C(O)[C@H]1O. The van der Waals surface area contributed by atoms with Gasteiger partial charge in [-0.2, -0.15) is 0 Å². The molecule has 5 heteroatoms. The van der Waals surface area contributed by atoms with Crippen LogP contribution in [0, 0.1) is 0 Å². The van der Waals surface area contributed by atoms with Gasteiger partial charge < -0.3 is 24.9 Å². The highest BCUT2D eigenvalue weighted by Gasteiger charge is 2.41. The molecule has 0 spiro atoms. The second kappa shape index (κ2) is 3.49. The zero-order valence-corrected chi connectivity index (χ0v) is 6.62. The van der Waals surface area contributed by atoms with Crippen molar-refractivity contribution in [3.63, 3.8) is 0 Å². The highest BCUT2D eigenvalue weighted by molar-refractivity contribution is 5.57. The third-order valence-electron chi connectivity index (χ3n) is 2.02. The van der Waals surface area contributed by atoms with Crippen molar-refractivity contribution in [3.8, 4) is 0 Å². The standard InChI is InChI=1S/C7H12O5/c1-3-5(9)7(11)6(10)4(2-8)12-3/h2-7,9-11H,1H3/t3?,4-,5+,6+,7?/m1/s1. The number of carbonyl (C=O) groups excluding carboxylic acids is 1. The minimum atomic E-state index is -1.34. The lowest BCUT2D eigenvalue weighted by molar-refractivity contribution is -0.210. The van der Waals surface area contributed by atoms with Crippen LogP contribution in [0.3, 0.4) is 0 Å². The molecule has 0 aliphatic carbocycles. The fourth-order valence-corrected chi connectivity index (χ4v) is 1.20. The summed E-state index contributed by atoms with van der Waals surface area (Å²) in [5.74, 6) is 0. The average Bonchev–Trinajstić information content (AvgIpc) is 2.08. The first-order chi connectivity index (χ1) is 5.57. The third kappa shape index (κ3) is 1.49. The predicted octanol–water partition coefficient (Wildman–Crippen LogP) is -1.94. The Morgan fingerprint density at radius 2 is 1.75 bits per heavy atom. The van der Waals surface area contributed by atoms with Crippen LogP contribution in [0.15, 0.2) is 0 Å². The van der Waals surface area contributed by atoms with Crippen LogP contribution in [0.2, 0.25) is 0 Å². The van der Waals surface area contributed by atoms with Gasteiger partial charge in [0, 0.05) is 0 Å². The Morgan fingerprint density at radius 1 is 1.17 bits per heavy atom. The van der Waals surface area contributed by atoms with Crippen molar-refractivity contribution < 1.29 is 24.9 Å². The first-order valence-electron chi connectivity index (χ1n) is 3.73. The summed E-state index contributed by atoms with van der Waals surface area (Å²) in [6.45, 7) is 1.52. The highest BCUT2D eigenvalue weighted by atomic mass is 16.5. The average molecular weight is 176 g/mol. The second-order valence-corrected chi connectivity index (χ2v) is 2.91.